The molecule has 6 atom stereocenters. The van der Waals surface area contributed by atoms with Crippen molar-refractivity contribution in [3.8, 4) is 0 Å². The van der Waals surface area contributed by atoms with Gasteiger partial charge in [0.25, 0.3) is 0 Å². The van der Waals surface area contributed by atoms with Gasteiger partial charge in [-0.15, -0.1) is 0 Å². The standard InChI is InChI=1S/C33H56O12S/c1-3-5-7-8-9-10-11-12-13-14-15-16-17-18-19-21-23-41-25-27(43-29(35)22-20-6-4-2)26-42-33-31(37)32(45-46(38,39)40)30(36)28(24-34)44-33/h5,7,9-10,12-13,15-16,27-28,30-34,36-37H,3-4,6,8,11,14,17-26H2,1-2H3,(H,38,39,40)/b7-5-,10-9-,13-12-,16-15-. The smallest absolute Gasteiger partial charge is 0.397 e. The Balaban J connectivity index is 2.46. The zero-order valence-electron chi connectivity index (χ0n) is 27.4. The quantitative estimate of drug-likeness (QED) is 0.0437. The molecule has 12 nitrogen and oxygen atoms in total. The fourth-order valence-electron chi connectivity index (χ4n) is 4.48. The number of unbranched alkanes of at least 4 members (excludes halogenated alkanes) is 5. The molecule has 0 bridgehead atoms. The van der Waals surface area contributed by atoms with Crippen LogP contribution >= 0.6 is 0 Å². The average Bonchev–Trinajstić information content (AvgIpc) is 3.01. The molecule has 0 saturated carbocycles. The number of allylic oxidation sites excluding steroid dienone is 8. The number of esters is 1. The normalized spacial score (nSPS) is 23.3. The lowest BCUT2D eigenvalue weighted by atomic mass is 9.99. The first-order valence-electron chi connectivity index (χ1n) is 16.4. The van der Waals surface area contributed by atoms with Gasteiger partial charge in [0.2, 0.25) is 0 Å². The minimum absolute atomic E-state index is 0.0101. The molecule has 1 saturated heterocycles. The molecule has 13 heteroatoms. The van der Waals surface area contributed by atoms with Gasteiger partial charge in [0.1, 0.15) is 30.5 Å². The summed E-state index contributed by atoms with van der Waals surface area (Å²) in [5, 5.41) is 30.2. The summed E-state index contributed by atoms with van der Waals surface area (Å²) < 4.78 is 58.1. The van der Waals surface area contributed by atoms with Crippen LogP contribution in [-0.2, 0) is 38.3 Å². The number of aliphatic hydroxyl groups excluding tert-OH is 3. The minimum atomic E-state index is -5.05. The molecule has 0 aromatic heterocycles. The molecule has 0 aromatic rings. The molecule has 1 aliphatic rings. The number of carbonyl (C=O) groups is 1. The Kier molecular flexibility index (Phi) is 23.8. The first-order valence-corrected chi connectivity index (χ1v) is 17.8. The van der Waals surface area contributed by atoms with E-state index in [2.05, 4.69) is 59.7 Å². The third kappa shape index (κ3) is 20.3. The molecule has 1 rings (SSSR count). The van der Waals surface area contributed by atoms with E-state index < -0.39 is 59.8 Å². The van der Waals surface area contributed by atoms with E-state index in [0.29, 0.717) is 13.0 Å². The van der Waals surface area contributed by atoms with E-state index in [1.54, 1.807) is 0 Å². The highest BCUT2D eigenvalue weighted by Gasteiger charge is 2.48. The maximum atomic E-state index is 12.4. The van der Waals surface area contributed by atoms with Crippen LogP contribution in [0.2, 0.25) is 0 Å². The van der Waals surface area contributed by atoms with E-state index in [0.717, 1.165) is 64.2 Å². The molecule has 46 heavy (non-hydrogen) atoms. The van der Waals surface area contributed by atoms with Crippen molar-refractivity contribution in [1.82, 2.24) is 0 Å². The van der Waals surface area contributed by atoms with Crippen LogP contribution in [0.3, 0.4) is 0 Å². The van der Waals surface area contributed by atoms with Crippen molar-refractivity contribution in [2.24, 2.45) is 0 Å². The van der Waals surface area contributed by atoms with E-state index >= 15 is 0 Å². The fourth-order valence-corrected chi connectivity index (χ4v) is 4.99. The highest BCUT2D eigenvalue weighted by molar-refractivity contribution is 7.80. The molecule has 6 unspecified atom stereocenters. The van der Waals surface area contributed by atoms with Crippen LogP contribution in [0.1, 0.15) is 90.9 Å². The third-order valence-electron chi connectivity index (χ3n) is 6.97. The van der Waals surface area contributed by atoms with Crippen molar-refractivity contribution in [3.63, 3.8) is 0 Å². The Hall–Kier alpha value is -1.94. The topological polar surface area (TPSA) is 178 Å². The third-order valence-corrected chi connectivity index (χ3v) is 7.43. The van der Waals surface area contributed by atoms with E-state index in [-0.39, 0.29) is 19.6 Å². The van der Waals surface area contributed by atoms with Crippen molar-refractivity contribution in [3.05, 3.63) is 48.6 Å². The van der Waals surface area contributed by atoms with Gasteiger partial charge in [-0.1, -0.05) is 81.7 Å². The number of hydrogen-bond donors (Lipinski definition) is 4. The summed E-state index contributed by atoms with van der Waals surface area (Å²) in [6.07, 6.45) is 18.4. The van der Waals surface area contributed by atoms with Gasteiger partial charge in [-0.3, -0.25) is 9.35 Å². The summed E-state index contributed by atoms with van der Waals surface area (Å²) in [6, 6.07) is 0. The van der Waals surface area contributed by atoms with Gasteiger partial charge >= 0.3 is 16.4 Å². The van der Waals surface area contributed by atoms with Gasteiger partial charge < -0.3 is 34.3 Å². The van der Waals surface area contributed by atoms with Crippen molar-refractivity contribution < 1.29 is 56.2 Å². The summed E-state index contributed by atoms with van der Waals surface area (Å²) in [6.45, 7) is 3.55. The zero-order valence-corrected chi connectivity index (χ0v) is 28.2. The lowest BCUT2D eigenvalue weighted by molar-refractivity contribution is -0.301. The van der Waals surface area contributed by atoms with Gasteiger partial charge in [0.05, 0.1) is 19.8 Å². The maximum Gasteiger partial charge on any atom is 0.397 e. The Labute approximate surface area is 275 Å². The van der Waals surface area contributed by atoms with Gasteiger partial charge in [-0.2, -0.15) is 8.42 Å². The van der Waals surface area contributed by atoms with E-state index in [9.17, 15) is 28.5 Å². The largest absolute Gasteiger partial charge is 0.457 e. The first-order chi connectivity index (χ1) is 22.1. The average molecular weight is 677 g/mol. The second-order valence-corrected chi connectivity index (χ2v) is 12.1. The summed E-state index contributed by atoms with van der Waals surface area (Å²) in [7, 11) is -5.05. The van der Waals surface area contributed by atoms with Crippen LogP contribution in [0.4, 0.5) is 0 Å². The summed E-state index contributed by atoms with van der Waals surface area (Å²) >= 11 is 0. The zero-order chi connectivity index (χ0) is 34.0. The molecular weight excluding hydrogens is 620 g/mol. The molecule has 1 heterocycles. The Morgan fingerprint density at radius 3 is 2.11 bits per heavy atom. The van der Waals surface area contributed by atoms with Crippen LogP contribution in [-0.4, -0.2) is 97.5 Å². The number of ether oxygens (including phenoxy) is 4. The van der Waals surface area contributed by atoms with Crippen LogP contribution in [0.5, 0.6) is 0 Å². The lowest BCUT2D eigenvalue weighted by Crippen LogP contribution is -2.60. The second-order valence-electron chi connectivity index (χ2n) is 11.0. The number of hydrogen-bond acceptors (Lipinski definition) is 11. The first kappa shape index (κ1) is 42.1. The van der Waals surface area contributed by atoms with Crippen LogP contribution < -0.4 is 0 Å². The Morgan fingerprint density at radius 1 is 0.848 bits per heavy atom. The van der Waals surface area contributed by atoms with Crippen molar-refractivity contribution in [1.29, 1.82) is 0 Å². The minimum Gasteiger partial charge on any atom is -0.457 e. The Bertz CT molecular complexity index is 1010. The molecule has 4 N–H and O–H groups in total. The Morgan fingerprint density at radius 2 is 1.50 bits per heavy atom. The molecule has 1 aliphatic heterocycles. The van der Waals surface area contributed by atoms with Crippen LogP contribution in [0, 0.1) is 0 Å². The second kappa shape index (κ2) is 26.1. The summed E-state index contributed by atoms with van der Waals surface area (Å²) in [5.41, 5.74) is 0. The van der Waals surface area contributed by atoms with Gasteiger partial charge in [-0.05, 0) is 51.4 Å². The molecule has 0 aromatic carbocycles. The summed E-state index contributed by atoms with van der Waals surface area (Å²) in [5.74, 6) is -0.440. The summed E-state index contributed by atoms with van der Waals surface area (Å²) in [4.78, 5) is 12.4. The highest BCUT2D eigenvalue weighted by Crippen LogP contribution is 2.25. The molecular formula is C33H56O12S. The van der Waals surface area contributed by atoms with Crippen molar-refractivity contribution in [2.45, 2.75) is 128 Å². The molecule has 266 valence electrons. The predicted molar refractivity (Wildman–Crippen MR) is 174 cm³/mol. The fraction of sp³-hybridized carbons (Fsp3) is 0.727. The molecule has 1 fully saturated rings. The van der Waals surface area contributed by atoms with E-state index in [1.807, 2.05) is 6.92 Å². The van der Waals surface area contributed by atoms with Gasteiger partial charge in [-0.25, -0.2) is 4.18 Å². The molecule has 0 spiro atoms. The maximum absolute atomic E-state index is 12.4. The highest BCUT2D eigenvalue weighted by atomic mass is 32.3. The molecule has 0 radical (unpaired) electrons. The van der Waals surface area contributed by atoms with Crippen molar-refractivity contribution in [2.75, 3.05) is 26.4 Å². The van der Waals surface area contributed by atoms with Gasteiger partial charge in [0.15, 0.2) is 6.29 Å². The molecule has 0 amide bonds. The number of carbonyl (C=O) groups excluding carboxylic acids is 1. The van der Waals surface area contributed by atoms with E-state index in [1.165, 1.54) is 0 Å². The van der Waals surface area contributed by atoms with Crippen LogP contribution in [0.25, 0.3) is 0 Å². The van der Waals surface area contributed by atoms with Crippen molar-refractivity contribution >= 4 is 16.4 Å². The molecule has 0 aliphatic carbocycles. The van der Waals surface area contributed by atoms with E-state index in [4.69, 9.17) is 23.5 Å². The number of rotatable bonds is 26. The lowest BCUT2D eigenvalue weighted by Gasteiger charge is -2.41. The monoisotopic (exact) mass is 676 g/mol. The number of aliphatic hydroxyl groups is 3. The van der Waals surface area contributed by atoms with Crippen LogP contribution in [0.15, 0.2) is 48.6 Å². The SMILES string of the molecule is CC/C=C\C/C=C\C/C=C\C/C=C\CCCCCOCC(COC1OC(CO)C(O)C(OS(=O)(=O)O)C1O)OC(=O)CCCCC. The van der Waals surface area contributed by atoms with Gasteiger partial charge in [0, 0.05) is 13.0 Å². The predicted octanol–water partition coefficient (Wildman–Crippen LogP) is 4.50.